The van der Waals surface area contributed by atoms with E-state index in [0.717, 1.165) is 17.1 Å². The van der Waals surface area contributed by atoms with Crippen molar-refractivity contribution < 1.29 is 9.53 Å². The lowest BCUT2D eigenvalue weighted by atomic mass is 9.94. The Labute approximate surface area is 144 Å². The van der Waals surface area contributed by atoms with Gasteiger partial charge in [0.1, 0.15) is 11.9 Å². The topological polar surface area (TPSA) is 50.7 Å². The monoisotopic (exact) mass is 326 g/mol. The maximum atomic E-state index is 12.2. The van der Waals surface area contributed by atoms with Crippen molar-refractivity contribution in [2.45, 2.75) is 40.7 Å². The van der Waals surface area contributed by atoms with Crippen LogP contribution < -0.4 is 5.32 Å². The zero-order valence-electron chi connectivity index (χ0n) is 15.3. The molecule has 0 spiro atoms. The quantitative estimate of drug-likeness (QED) is 0.851. The number of aliphatic imine (C=N–C) groups is 1. The minimum absolute atomic E-state index is 0.0593. The highest BCUT2D eigenvalue weighted by molar-refractivity contribution is 6.00. The first kappa shape index (κ1) is 18.0. The number of amidine groups is 1. The van der Waals surface area contributed by atoms with Gasteiger partial charge in [0.05, 0.1) is 12.7 Å². The van der Waals surface area contributed by atoms with E-state index in [-0.39, 0.29) is 17.4 Å². The number of hydrogen-bond donors (Lipinski definition) is 1. The highest BCUT2D eigenvalue weighted by atomic mass is 16.5. The number of nitrogens with one attached hydrogen (secondary N) is 1. The predicted octanol–water partition coefficient (Wildman–Crippen LogP) is 4.09. The smallest absolute Gasteiger partial charge is 0.338 e. The van der Waals surface area contributed by atoms with E-state index in [9.17, 15) is 4.79 Å². The Morgan fingerprint density at radius 2 is 1.83 bits per heavy atom. The predicted molar refractivity (Wildman–Crippen MR) is 97.8 cm³/mol. The summed E-state index contributed by atoms with van der Waals surface area (Å²) in [5, 5.41) is 3.21. The van der Waals surface area contributed by atoms with Crippen LogP contribution in [-0.2, 0) is 9.53 Å². The maximum Gasteiger partial charge on any atom is 0.338 e. The van der Waals surface area contributed by atoms with Crippen LogP contribution in [0.5, 0.6) is 0 Å². The van der Waals surface area contributed by atoms with E-state index in [0.29, 0.717) is 5.57 Å². The van der Waals surface area contributed by atoms with Crippen LogP contribution in [0.1, 0.15) is 44.9 Å². The third-order valence-corrected chi connectivity index (χ3v) is 3.80. The van der Waals surface area contributed by atoms with Crippen LogP contribution in [0.4, 0.5) is 0 Å². The van der Waals surface area contributed by atoms with Gasteiger partial charge in [-0.05, 0) is 30.9 Å². The molecule has 0 aliphatic carbocycles. The van der Waals surface area contributed by atoms with E-state index in [2.05, 4.69) is 32.2 Å². The summed E-state index contributed by atoms with van der Waals surface area (Å²) in [7, 11) is 1.40. The van der Waals surface area contributed by atoms with Gasteiger partial charge in [-0.25, -0.2) is 4.79 Å². The van der Waals surface area contributed by atoms with Crippen LogP contribution in [0.2, 0.25) is 0 Å². The molecule has 1 aromatic carbocycles. The van der Waals surface area contributed by atoms with E-state index in [1.165, 1.54) is 12.7 Å². The molecule has 1 aliphatic rings. The van der Waals surface area contributed by atoms with Crippen molar-refractivity contribution in [3.63, 3.8) is 0 Å². The van der Waals surface area contributed by atoms with Gasteiger partial charge < -0.3 is 10.1 Å². The molecule has 0 bridgehead atoms. The fourth-order valence-corrected chi connectivity index (χ4v) is 2.48. The SMILES string of the molecule is COC(=O)C1=C(C)NC(/C=C/C(C)(C)C)=NC1c1ccc(C)cc1. The number of esters is 1. The first-order valence-corrected chi connectivity index (χ1v) is 8.11. The van der Waals surface area contributed by atoms with Crippen molar-refractivity contribution in [2.75, 3.05) is 7.11 Å². The zero-order valence-corrected chi connectivity index (χ0v) is 15.3. The summed E-state index contributed by atoms with van der Waals surface area (Å²) in [6.45, 7) is 10.3. The summed E-state index contributed by atoms with van der Waals surface area (Å²) in [6, 6.07) is 7.72. The van der Waals surface area contributed by atoms with Crippen LogP contribution in [0.15, 0.2) is 52.7 Å². The molecular weight excluding hydrogens is 300 g/mol. The van der Waals surface area contributed by atoms with Gasteiger partial charge in [-0.15, -0.1) is 0 Å². The number of carbonyl (C=O) groups is 1. The molecule has 1 N–H and O–H groups in total. The van der Waals surface area contributed by atoms with Crippen LogP contribution in [0.3, 0.4) is 0 Å². The number of benzene rings is 1. The lowest BCUT2D eigenvalue weighted by Gasteiger charge is -2.25. The highest BCUT2D eigenvalue weighted by Gasteiger charge is 2.29. The number of aryl methyl sites for hydroxylation is 1. The van der Waals surface area contributed by atoms with Gasteiger partial charge in [0, 0.05) is 5.70 Å². The second-order valence-electron chi connectivity index (χ2n) is 7.18. The maximum absolute atomic E-state index is 12.2. The number of rotatable bonds is 3. The first-order valence-electron chi connectivity index (χ1n) is 8.11. The van der Waals surface area contributed by atoms with Crippen LogP contribution in [0, 0.1) is 12.3 Å². The Bertz CT molecular complexity index is 704. The fraction of sp³-hybridized carbons (Fsp3) is 0.400. The second-order valence-corrected chi connectivity index (χ2v) is 7.18. The van der Waals surface area contributed by atoms with E-state index in [1.54, 1.807) is 0 Å². The molecule has 128 valence electrons. The van der Waals surface area contributed by atoms with Gasteiger partial charge in [0.2, 0.25) is 0 Å². The molecule has 24 heavy (non-hydrogen) atoms. The number of hydrogen-bond acceptors (Lipinski definition) is 4. The number of carbonyl (C=O) groups excluding carboxylic acids is 1. The van der Waals surface area contributed by atoms with E-state index in [1.807, 2.05) is 44.2 Å². The number of nitrogens with zero attached hydrogens (tertiary/aromatic N) is 1. The van der Waals surface area contributed by atoms with Gasteiger partial charge >= 0.3 is 5.97 Å². The summed E-state index contributed by atoms with van der Waals surface area (Å²) in [5.74, 6) is 0.397. The molecule has 0 fully saturated rings. The van der Waals surface area contributed by atoms with Gasteiger partial charge in [-0.1, -0.05) is 56.7 Å². The van der Waals surface area contributed by atoms with Crippen LogP contribution in [-0.4, -0.2) is 18.9 Å². The highest BCUT2D eigenvalue weighted by Crippen LogP contribution is 2.31. The Hall–Kier alpha value is -2.36. The molecule has 1 atom stereocenters. The standard InChI is InChI=1S/C20H26N2O2/c1-13-7-9-15(10-8-13)18-17(19(23)24-6)14(2)21-16(22-18)11-12-20(3,4)5/h7-12,18H,1-6H3,(H,21,22)/b12-11+. The summed E-state index contributed by atoms with van der Waals surface area (Å²) >= 11 is 0. The molecule has 0 amide bonds. The van der Waals surface area contributed by atoms with Crippen molar-refractivity contribution in [1.29, 1.82) is 0 Å². The number of ether oxygens (including phenoxy) is 1. The molecular formula is C20H26N2O2. The molecule has 0 saturated carbocycles. The summed E-state index contributed by atoms with van der Waals surface area (Å²) in [6.07, 6.45) is 4.07. The van der Waals surface area contributed by atoms with Crippen molar-refractivity contribution >= 4 is 11.8 Å². The molecule has 0 aromatic heterocycles. The van der Waals surface area contributed by atoms with Gasteiger partial charge in [-0.2, -0.15) is 0 Å². The minimum Gasteiger partial charge on any atom is -0.466 e. The molecule has 1 aliphatic heterocycles. The van der Waals surface area contributed by atoms with Crippen molar-refractivity contribution in [1.82, 2.24) is 5.32 Å². The second kappa shape index (κ2) is 7.04. The van der Waals surface area contributed by atoms with Crippen molar-refractivity contribution in [3.05, 3.63) is 58.8 Å². The largest absolute Gasteiger partial charge is 0.466 e. The van der Waals surface area contributed by atoms with E-state index >= 15 is 0 Å². The Kier molecular flexibility index (Phi) is 5.27. The van der Waals surface area contributed by atoms with Gasteiger partial charge in [0.25, 0.3) is 0 Å². The Morgan fingerprint density at radius 3 is 2.38 bits per heavy atom. The van der Waals surface area contributed by atoms with Crippen LogP contribution in [0.25, 0.3) is 0 Å². The lowest BCUT2D eigenvalue weighted by molar-refractivity contribution is -0.136. The molecule has 0 saturated heterocycles. The van der Waals surface area contributed by atoms with E-state index in [4.69, 9.17) is 9.73 Å². The molecule has 1 aromatic rings. The normalized spacial score (nSPS) is 18.4. The minimum atomic E-state index is -0.362. The van der Waals surface area contributed by atoms with E-state index < -0.39 is 0 Å². The van der Waals surface area contributed by atoms with Crippen molar-refractivity contribution in [2.24, 2.45) is 10.4 Å². The first-order chi connectivity index (χ1) is 11.2. The number of methoxy groups -OCH3 is 1. The average Bonchev–Trinajstić information content (AvgIpc) is 2.52. The third kappa shape index (κ3) is 4.34. The molecule has 4 heteroatoms. The van der Waals surface area contributed by atoms with Gasteiger partial charge in [-0.3, -0.25) is 4.99 Å². The average molecular weight is 326 g/mol. The summed E-state index contributed by atoms with van der Waals surface area (Å²) < 4.78 is 4.96. The molecule has 4 nitrogen and oxygen atoms in total. The Morgan fingerprint density at radius 1 is 1.21 bits per heavy atom. The fourth-order valence-electron chi connectivity index (χ4n) is 2.48. The molecule has 1 unspecified atom stereocenters. The zero-order chi connectivity index (χ0) is 17.9. The molecule has 0 radical (unpaired) electrons. The van der Waals surface area contributed by atoms with Gasteiger partial charge in [0.15, 0.2) is 0 Å². The third-order valence-electron chi connectivity index (χ3n) is 3.80. The Balaban J connectivity index is 2.46. The summed E-state index contributed by atoms with van der Waals surface area (Å²) in [5.41, 5.74) is 3.53. The van der Waals surface area contributed by atoms with Crippen LogP contribution >= 0.6 is 0 Å². The molecule has 1 heterocycles. The summed E-state index contributed by atoms with van der Waals surface area (Å²) in [4.78, 5) is 17.0. The lowest BCUT2D eigenvalue weighted by Crippen LogP contribution is -2.31. The molecule has 2 rings (SSSR count). The number of allylic oxidation sites excluding steroid dienone is 2. The van der Waals surface area contributed by atoms with Crippen molar-refractivity contribution in [3.8, 4) is 0 Å².